The van der Waals surface area contributed by atoms with E-state index in [1.54, 1.807) is 0 Å². The molecule has 0 bridgehead atoms. The van der Waals surface area contributed by atoms with Gasteiger partial charge < -0.3 is 20.9 Å². The standard InChI is InChI=1S/C8H12N2O4/c1-13-7(11)5(9)3-4-6(10)8(12)14-2/h3-4H,9-10H2,1-2H3/b5-3-,6-4-. The van der Waals surface area contributed by atoms with Gasteiger partial charge >= 0.3 is 11.9 Å². The smallest absolute Gasteiger partial charge is 0.353 e. The van der Waals surface area contributed by atoms with Gasteiger partial charge in [0.05, 0.1) is 14.2 Å². The predicted octanol–water partition coefficient (Wildman–Crippen LogP) is -0.982. The van der Waals surface area contributed by atoms with Gasteiger partial charge in [-0.25, -0.2) is 9.59 Å². The highest BCUT2D eigenvalue weighted by molar-refractivity contribution is 5.90. The van der Waals surface area contributed by atoms with Crippen molar-refractivity contribution in [1.29, 1.82) is 0 Å². The van der Waals surface area contributed by atoms with Crippen LogP contribution in [-0.4, -0.2) is 26.2 Å². The lowest BCUT2D eigenvalue weighted by atomic mass is 10.3. The molecule has 0 saturated carbocycles. The van der Waals surface area contributed by atoms with Crippen LogP contribution in [0.2, 0.25) is 0 Å². The number of nitrogens with two attached hydrogens (primary N) is 2. The molecule has 0 atom stereocenters. The fourth-order valence-electron chi connectivity index (χ4n) is 0.551. The van der Waals surface area contributed by atoms with Crippen LogP contribution < -0.4 is 11.5 Å². The predicted molar refractivity (Wildman–Crippen MR) is 48.6 cm³/mol. The molecule has 78 valence electrons. The normalized spacial score (nSPS) is 12.1. The molecule has 0 fully saturated rings. The molecule has 0 rings (SSSR count). The van der Waals surface area contributed by atoms with Crippen LogP contribution in [0.25, 0.3) is 0 Å². The maximum Gasteiger partial charge on any atom is 0.353 e. The van der Waals surface area contributed by atoms with Gasteiger partial charge in [-0.05, 0) is 12.2 Å². The van der Waals surface area contributed by atoms with Crippen molar-refractivity contribution in [2.75, 3.05) is 14.2 Å². The van der Waals surface area contributed by atoms with Crippen molar-refractivity contribution in [2.24, 2.45) is 11.5 Å². The van der Waals surface area contributed by atoms with E-state index in [4.69, 9.17) is 11.5 Å². The molecule has 6 heteroatoms. The summed E-state index contributed by atoms with van der Waals surface area (Å²) in [6, 6.07) is 0. The van der Waals surface area contributed by atoms with E-state index in [9.17, 15) is 9.59 Å². The first-order valence-corrected chi connectivity index (χ1v) is 3.62. The van der Waals surface area contributed by atoms with Gasteiger partial charge in [0, 0.05) is 0 Å². The second kappa shape index (κ2) is 5.63. The molecule has 0 aromatic heterocycles. The van der Waals surface area contributed by atoms with Gasteiger partial charge in [0.25, 0.3) is 0 Å². The van der Waals surface area contributed by atoms with Gasteiger partial charge in [0.2, 0.25) is 0 Å². The summed E-state index contributed by atoms with van der Waals surface area (Å²) >= 11 is 0. The summed E-state index contributed by atoms with van der Waals surface area (Å²) < 4.78 is 8.63. The fraction of sp³-hybridized carbons (Fsp3) is 0.250. The molecule has 0 aliphatic carbocycles. The van der Waals surface area contributed by atoms with Crippen molar-refractivity contribution < 1.29 is 19.1 Å². The zero-order chi connectivity index (χ0) is 11.1. The molecule has 0 heterocycles. The highest BCUT2D eigenvalue weighted by Gasteiger charge is 2.05. The molecule has 4 N–H and O–H groups in total. The second-order valence-corrected chi connectivity index (χ2v) is 2.23. The average molecular weight is 200 g/mol. The number of ether oxygens (including phenoxy) is 2. The SMILES string of the molecule is COC(=O)/C(N)=C/C=C(\N)C(=O)OC. The molecule has 0 radical (unpaired) electrons. The lowest BCUT2D eigenvalue weighted by Crippen LogP contribution is -2.14. The lowest BCUT2D eigenvalue weighted by Gasteiger charge is -1.98. The highest BCUT2D eigenvalue weighted by atomic mass is 16.5. The van der Waals surface area contributed by atoms with Gasteiger partial charge in [-0.3, -0.25) is 0 Å². The summed E-state index contributed by atoms with van der Waals surface area (Å²) in [5.41, 5.74) is 10.2. The summed E-state index contributed by atoms with van der Waals surface area (Å²) in [6.07, 6.45) is 2.33. The number of hydrogen-bond donors (Lipinski definition) is 2. The van der Waals surface area contributed by atoms with Crippen molar-refractivity contribution in [3.05, 3.63) is 23.5 Å². The number of methoxy groups -OCH3 is 2. The first-order chi connectivity index (χ1) is 6.52. The number of hydrogen-bond acceptors (Lipinski definition) is 6. The van der Waals surface area contributed by atoms with Gasteiger partial charge in [-0.1, -0.05) is 0 Å². The van der Waals surface area contributed by atoms with Crippen molar-refractivity contribution in [3.8, 4) is 0 Å². The van der Waals surface area contributed by atoms with Crippen LogP contribution in [0.5, 0.6) is 0 Å². The third kappa shape index (κ3) is 3.61. The number of esters is 2. The van der Waals surface area contributed by atoms with Crippen LogP contribution in [0.15, 0.2) is 23.5 Å². The van der Waals surface area contributed by atoms with E-state index in [2.05, 4.69) is 9.47 Å². The van der Waals surface area contributed by atoms with E-state index in [-0.39, 0.29) is 11.4 Å². The van der Waals surface area contributed by atoms with Gasteiger partial charge in [0.1, 0.15) is 11.4 Å². The van der Waals surface area contributed by atoms with Crippen LogP contribution >= 0.6 is 0 Å². The van der Waals surface area contributed by atoms with Crippen molar-refractivity contribution >= 4 is 11.9 Å². The molecule has 0 spiro atoms. The Morgan fingerprint density at radius 2 is 1.21 bits per heavy atom. The van der Waals surface area contributed by atoms with Gasteiger partial charge in [-0.2, -0.15) is 0 Å². The van der Waals surface area contributed by atoms with Crippen molar-refractivity contribution in [2.45, 2.75) is 0 Å². The van der Waals surface area contributed by atoms with Crippen molar-refractivity contribution in [1.82, 2.24) is 0 Å². The molecular weight excluding hydrogens is 188 g/mol. The third-order valence-electron chi connectivity index (χ3n) is 1.28. The maximum absolute atomic E-state index is 10.8. The quantitative estimate of drug-likeness (QED) is 0.344. The molecule has 0 aliphatic rings. The van der Waals surface area contributed by atoms with Gasteiger partial charge in [0.15, 0.2) is 0 Å². The minimum Gasteiger partial charge on any atom is -0.464 e. The number of carbonyl (C=O) groups excluding carboxylic acids is 2. The Labute approximate surface area is 81.1 Å². The number of carbonyl (C=O) groups is 2. The summed E-state index contributed by atoms with van der Waals surface area (Å²) in [6.45, 7) is 0. The van der Waals surface area contributed by atoms with E-state index in [0.717, 1.165) is 12.2 Å². The van der Waals surface area contributed by atoms with E-state index in [1.807, 2.05) is 0 Å². The Bertz CT molecular complexity index is 264. The zero-order valence-corrected chi connectivity index (χ0v) is 7.94. The molecule has 0 aromatic carbocycles. The minimum atomic E-state index is -0.695. The van der Waals surface area contributed by atoms with Crippen LogP contribution in [0.4, 0.5) is 0 Å². The maximum atomic E-state index is 10.8. The third-order valence-corrected chi connectivity index (χ3v) is 1.28. The van der Waals surface area contributed by atoms with E-state index >= 15 is 0 Å². The highest BCUT2D eigenvalue weighted by Crippen LogP contribution is 1.93. The topological polar surface area (TPSA) is 105 Å². The number of rotatable bonds is 3. The van der Waals surface area contributed by atoms with E-state index in [1.165, 1.54) is 14.2 Å². The van der Waals surface area contributed by atoms with E-state index in [0.29, 0.717) is 0 Å². The van der Waals surface area contributed by atoms with Crippen molar-refractivity contribution in [3.63, 3.8) is 0 Å². The molecule has 0 saturated heterocycles. The Morgan fingerprint density at radius 1 is 0.929 bits per heavy atom. The van der Waals surface area contributed by atoms with Gasteiger partial charge in [-0.15, -0.1) is 0 Å². The molecular formula is C8H12N2O4. The largest absolute Gasteiger partial charge is 0.464 e. The second-order valence-electron chi connectivity index (χ2n) is 2.23. The fourth-order valence-corrected chi connectivity index (χ4v) is 0.551. The molecule has 0 unspecified atom stereocenters. The Morgan fingerprint density at radius 3 is 1.43 bits per heavy atom. The summed E-state index contributed by atoms with van der Waals surface area (Å²) in [5, 5.41) is 0. The Hall–Kier alpha value is -1.98. The first kappa shape index (κ1) is 12.0. The average Bonchev–Trinajstić information content (AvgIpc) is 2.22. The molecule has 0 aromatic rings. The first-order valence-electron chi connectivity index (χ1n) is 3.62. The van der Waals surface area contributed by atoms with Crippen LogP contribution in [0.1, 0.15) is 0 Å². The van der Waals surface area contributed by atoms with Crippen LogP contribution in [0, 0.1) is 0 Å². The zero-order valence-electron chi connectivity index (χ0n) is 7.94. The molecule has 0 aliphatic heterocycles. The molecule has 0 amide bonds. The van der Waals surface area contributed by atoms with Crippen LogP contribution in [-0.2, 0) is 19.1 Å². The van der Waals surface area contributed by atoms with Crippen LogP contribution in [0.3, 0.4) is 0 Å². The summed E-state index contributed by atoms with van der Waals surface area (Å²) in [4.78, 5) is 21.5. The lowest BCUT2D eigenvalue weighted by molar-refractivity contribution is -0.137. The monoisotopic (exact) mass is 200 g/mol. The van der Waals surface area contributed by atoms with E-state index < -0.39 is 11.9 Å². The summed E-state index contributed by atoms with van der Waals surface area (Å²) in [5.74, 6) is -1.39. The number of allylic oxidation sites excluding steroid dienone is 2. The summed E-state index contributed by atoms with van der Waals surface area (Å²) in [7, 11) is 2.38. The minimum absolute atomic E-state index is 0.153. The Balaban J connectivity index is 4.53. The molecule has 14 heavy (non-hydrogen) atoms. The Kier molecular flexibility index (Phi) is 4.83. The molecule has 6 nitrogen and oxygen atoms in total.